The lowest BCUT2D eigenvalue weighted by Gasteiger charge is -2.55. The maximum absolute atomic E-state index is 12.2. The van der Waals surface area contributed by atoms with Gasteiger partial charge in [0.25, 0.3) is 0 Å². The van der Waals surface area contributed by atoms with Crippen molar-refractivity contribution in [3.63, 3.8) is 0 Å². The molecule has 0 aliphatic heterocycles. The van der Waals surface area contributed by atoms with Crippen LogP contribution in [0.15, 0.2) is 0 Å². The van der Waals surface area contributed by atoms with E-state index in [0.29, 0.717) is 6.42 Å². The molecule has 0 heterocycles. The lowest BCUT2D eigenvalue weighted by molar-refractivity contribution is -0.171. The molecule has 0 atom stereocenters. The fraction of sp³-hybridized carbons (Fsp3) is 0.929. The normalized spacial score (nSPS) is 42.8. The van der Waals surface area contributed by atoms with Gasteiger partial charge in [0.2, 0.25) is 0 Å². The van der Waals surface area contributed by atoms with Crippen molar-refractivity contribution in [3.8, 4) is 0 Å². The van der Waals surface area contributed by atoms with E-state index in [4.69, 9.17) is 4.74 Å². The van der Waals surface area contributed by atoms with Crippen LogP contribution in [0.25, 0.3) is 0 Å². The Hall–Kier alpha value is -0.600. The third-order valence-corrected chi connectivity index (χ3v) is 4.98. The van der Waals surface area contributed by atoms with Crippen molar-refractivity contribution in [2.24, 2.45) is 23.2 Å². The summed E-state index contributed by atoms with van der Waals surface area (Å²) in [4.78, 5) is 12.2. The van der Waals surface area contributed by atoms with Crippen LogP contribution in [0, 0.1) is 23.2 Å². The minimum Gasteiger partial charge on any atom is -0.465 e. The van der Waals surface area contributed by atoms with Gasteiger partial charge in [-0.3, -0.25) is 9.18 Å². The summed E-state index contributed by atoms with van der Waals surface area (Å²) in [7, 11) is 0. The average molecular weight is 240 g/mol. The maximum atomic E-state index is 12.2. The van der Waals surface area contributed by atoms with Gasteiger partial charge < -0.3 is 4.74 Å². The Kier molecular flexibility index (Phi) is 2.87. The Balaban J connectivity index is 1.67. The van der Waals surface area contributed by atoms with Crippen LogP contribution in [0.5, 0.6) is 0 Å². The predicted octanol–water partition coefficient (Wildman–Crippen LogP) is 3.11. The highest BCUT2D eigenvalue weighted by atomic mass is 19.1. The lowest BCUT2D eigenvalue weighted by Crippen LogP contribution is -2.50. The Morgan fingerprint density at radius 3 is 2.12 bits per heavy atom. The molecule has 0 radical (unpaired) electrons. The molecular weight excluding hydrogens is 219 g/mol. The van der Waals surface area contributed by atoms with Crippen molar-refractivity contribution in [1.82, 2.24) is 0 Å². The van der Waals surface area contributed by atoms with E-state index in [0.717, 1.165) is 37.0 Å². The summed E-state index contributed by atoms with van der Waals surface area (Å²) < 4.78 is 17.3. The molecule has 0 saturated heterocycles. The first-order valence-corrected chi connectivity index (χ1v) is 6.95. The van der Waals surface area contributed by atoms with Gasteiger partial charge in [0.1, 0.15) is 0 Å². The zero-order valence-electron chi connectivity index (χ0n) is 10.3. The fourth-order valence-corrected chi connectivity index (χ4v) is 4.73. The quantitative estimate of drug-likeness (QED) is 0.557. The zero-order valence-corrected chi connectivity index (χ0v) is 10.3. The molecule has 0 spiro atoms. The number of carbonyl (C=O) groups is 1. The number of esters is 1. The van der Waals surface area contributed by atoms with Crippen molar-refractivity contribution in [1.29, 1.82) is 0 Å². The summed E-state index contributed by atoms with van der Waals surface area (Å²) in [6.45, 7) is -0.134. The number of alkyl halides is 1. The monoisotopic (exact) mass is 240 g/mol. The highest BCUT2D eigenvalue weighted by molar-refractivity contribution is 5.77. The summed E-state index contributed by atoms with van der Waals surface area (Å²) in [5.74, 6) is 2.25. The first kappa shape index (κ1) is 11.5. The van der Waals surface area contributed by atoms with E-state index in [1.807, 2.05) is 0 Å². The molecule has 2 nitrogen and oxygen atoms in total. The van der Waals surface area contributed by atoms with Crippen LogP contribution in [0.4, 0.5) is 4.39 Å². The first-order chi connectivity index (χ1) is 8.22. The summed E-state index contributed by atoms with van der Waals surface area (Å²) in [6, 6.07) is 0. The van der Waals surface area contributed by atoms with Gasteiger partial charge >= 0.3 is 5.97 Å². The average Bonchev–Trinajstić information content (AvgIpc) is 2.27. The van der Waals surface area contributed by atoms with Crippen LogP contribution in [-0.2, 0) is 9.53 Å². The van der Waals surface area contributed by atoms with Gasteiger partial charge in [-0.15, -0.1) is 0 Å². The second-order valence-electron chi connectivity index (χ2n) is 6.38. The molecule has 4 fully saturated rings. The molecule has 4 rings (SSSR count). The van der Waals surface area contributed by atoms with Gasteiger partial charge in [-0.1, -0.05) is 0 Å². The van der Waals surface area contributed by atoms with Crippen LogP contribution in [0.3, 0.4) is 0 Å². The van der Waals surface area contributed by atoms with Gasteiger partial charge in [-0.2, -0.15) is 0 Å². The third kappa shape index (κ3) is 1.98. The molecule has 0 N–H and O–H groups in total. The number of hydrogen-bond donors (Lipinski definition) is 0. The van der Waals surface area contributed by atoms with E-state index >= 15 is 0 Å². The molecule has 0 aromatic carbocycles. The van der Waals surface area contributed by atoms with Crippen molar-refractivity contribution in [2.45, 2.75) is 44.9 Å². The summed E-state index contributed by atoms with van der Waals surface area (Å²) >= 11 is 0. The molecule has 4 aliphatic carbocycles. The molecule has 0 amide bonds. The number of ether oxygens (including phenoxy) is 1. The van der Waals surface area contributed by atoms with Crippen LogP contribution >= 0.6 is 0 Å². The van der Waals surface area contributed by atoms with Gasteiger partial charge in [0.05, 0.1) is 18.7 Å². The Morgan fingerprint density at radius 1 is 1.12 bits per heavy atom. The molecule has 4 saturated carbocycles. The molecule has 96 valence electrons. The van der Waals surface area contributed by atoms with E-state index in [1.54, 1.807) is 0 Å². The van der Waals surface area contributed by atoms with Crippen molar-refractivity contribution in [3.05, 3.63) is 0 Å². The molecule has 0 aromatic heterocycles. The van der Waals surface area contributed by atoms with E-state index in [1.165, 1.54) is 19.3 Å². The largest absolute Gasteiger partial charge is 0.465 e. The number of carbonyl (C=O) groups excluding carboxylic acids is 1. The Morgan fingerprint density at radius 2 is 1.65 bits per heavy atom. The highest BCUT2D eigenvalue weighted by Crippen LogP contribution is 2.60. The Labute approximate surface area is 102 Å². The van der Waals surface area contributed by atoms with Crippen molar-refractivity contribution >= 4 is 5.97 Å². The molecule has 17 heavy (non-hydrogen) atoms. The van der Waals surface area contributed by atoms with Crippen molar-refractivity contribution in [2.75, 3.05) is 13.3 Å². The van der Waals surface area contributed by atoms with E-state index < -0.39 is 6.67 Å². The number of rotatable bonds is 4. The molecule has 0 aromatic rings. The molecule has 4 bridgehead atoms. The van der Waals surface area contributed by atoms with Crippen LogP contribution < -0.4 is 0 Å². The van der Waals surface area contributed by atoms with Gasteiger partial charge in [-0.25, -0.2) is 0 Å². The maximum Gasteiger partial charge on any atom is 0.312 e. The minimum atomic E-state index is -0.395. The molecular formula is C14H21FO2. The zero-order chi connectivity index (χ0) is 11.9. The van der Waals surface area contributed by atoms with Crippen LogP contribution in [0.2, 0.25) is 0 Å². The predicted molar refractivity (Wildman–Crippen MR) is 62.2 cm³/mol. The summed E-state index contributed by atoms with van der Waals surface area (Å²) in [5, 5.41) is 0. The lowest BCUT2D eigenvalue weighted by atomic mass is 9.49. The van der Waals surface area contributed by atoms with E-state index in [9.17, 15) is 9.18 Å². The SMILES string of the molecule is O=C(OCCCF)C12CC3CC(CC(C3)C1)C2. The standard InChI is InChI=1S/C14H21FO2/c15-2-1-3-17-13(16)14-7-10-4-11(8-14)6-12(5-10)9-14/h10-12H,1-9H2. The molecule has 3 heteroatoms. The Bertz CT molecular complexity index is 278. The van der Waals surface area contributed by atoms with Crippen LogP contribution in [0.1, 0.15) is 44.9 Å². The molecule has 4 aliphatic rings. The number of hydrogen-bond acceptors (Lipinski definition) is 2. The van der Waals surface area contributed by atoms with E-state index in [-0.39, 0.29) is 18.0 Å². The summed E-state index contributed by atoms with van der Waals surface area (Å²) in [5.41, 5.74) is -0.176. The third-order valence-electron chi connectivity index (χ3n) is 4.98. The van der Waals surface area contributed by atoms with E-state index in [2.05, 4.69) is 0 Å². The van der Waals surface area contributed by atoms with Crippen molar-refractivity contribution < 1.29 is 13.9 Å². The topological polar surface area (TPSA) is 26.3 Å². The minimum absolute atomic E-state index is 0.0231. The number of halogens is 1. The summed E-state index contributed by atoms with van der Waals surface area (Å²) in [6.07, 6.45) is 7.44. The first-order valence-electron chi connectivity index (χ1n) is 6.95. The second kappa shape index (κ2) is 4.25. The fourth-order valence-electron chi connectivity index (χ4n) is 4.73. The van der Waals surface area contributed by atoms with Gasteiger partial charge in [0, 0.05) is 6.42 Å². The highest BCUT2D eigenvalue weighted by Gasteiger charge is 2.55. The smallest absolute Gasteiger partial charge is 0.312 e. The van der Waals surface area contributed by atoms with Gasteiger partial charge in [-0.05, 0) is 56.3 Å². The van der Waals surface area contributed by atoms with Crippen LogP contribution in [-0.4, -0.2) is 19.3 Å². The van der Waals surface area contributed by atoms with Gasteiger partial charge in [0.15, 0.2) is 0 Å². The molecule has 0 unspecified atom stereocenters. The second-order valence-corrected chi connectivity index (χ2v) is 6.38.